The Morgan fingerprint density at radius 1 is 1.37 bits per heavy atom. The molecule has 1 atom stereocenters. The Labute approximate surface area is 117 Å². The Balaban J connectivity index is 1.77. The van der Waals surface area contributed by atoms with Gasteiger partial charge in [-0.15, -0.1) is 0 Å². The highest BCUT2D eigenvalue weighted by molar-refractivity contribution is 6.30. The fraction of sp³-hybridized carbons (Fsp3) is 0.462. The van der Waals surface area contributed by atoms with Crippen LogP contribution in [0.3, 0.4) is 0 Å². The normalized spacial score (nSPS) is 17.4. The Morgan fingerprint density at radius 3 is 2.63 bits per heavy atom. The molecular weight excluding hydrogens is 266 g/mol. The molecule has 2 rings (SSSR count). The molecule has 1 saturated heterocycles. The molecule has 0 radical (unpaired) electrons. The largest absolute Gasteiger partial charge is 0.378 e. The maximum absolute atomic E-state index is 11.8. The zero-order valence-electron chi connectivity index (χ0n) is 10.5. The summed E-state index contributed by atoms with van der Waals surface area (Å²) in [6, 6.07) is 6.61. The van der Waals surface area contributed by atoms with E-state index in [1.807, 2.05) is 0 Å². The van der Waals surface area contributed by atoms with E-state index in [4.69, 9.17) is 11.6 Å². The number of amides is 1. The van der Waals surface area contributed by atoms with E-state index in [2.05, 4.69) is 16.2 Å². The van der Waals surface area contributed by atoms with E-state index in [9.17, 15) is 9.90 Å². The first-order valence-electron chi connectivity index (χ1n) is 6.34. The average Bonchev–Trinajstić information content (AvgIpc) is 2.92. The highest BCUT2D eigenvalue weighted by atomic mass is 35.5. The third kappa shape index (κ3) is 4.18. The van der Waals surface area contributed by atoms with Crippen LogP contribution in [0.5, 0.6) is 0 Å². The van der Waals surface area contributed by atoms with E-state index in [0.29, 0.717) is 23.0 Å². The van der Waals surface area contributed by atoms with Gasteiger partial charge in [-0.25, -0.2) is 0 Å². The van der Waals surface area contributed by atoms with Crippen molar-refractivity contribution in [3.05, 3.63) is 34.9 Å². The van der Waals surface area contributed by atoms with Crippen LogP contribution in [-0.4, -0.2) is 30.6 Å². The number of aliphatic hydroxyl groups excluding tert-OH is 1. The molecule has 0 spiro atoms. The van der Waals surface area contributed by atoms with Crippen molar-refractivity contribution in [3.63, 3.8) is 0 Å². The van der Waals surface area contributed by atoms with Crippen LogP contribution < -0.4 is 16.2 Å². The van der Waals surface area contributed by atoms with Crippen LogP contribution in [0.2, 0.25) is 5.02 Å². The van der Waals surface area contributed by atoms with Crippen molar-refractivity contribution >= 4 is 17.5 Å². The first kappa shape index (κ1) is 14.3. The Kier molecular flexibility index (Phi) is 5.15. The number of carbonyl (C=O) groups excluding carboxylic acids is 1. The minimum Gasteiger partial charge on any atom is -0.378 e. The minimum absolute atomic E-state index is 0.374. The van der Waals surface area contributed by atoms with E-state index in [1.54, 1.807) is 24.3 Å². The van der Waals surface area contributed by atoms with Gasteiger partial charge in [0.15, 0.2) is 6.10 Å². The van der Waals surface area contributed by atoms with Crippen molar-refractivity contribution in [1.82, 2.24) is 16.2 Å². The third-order valence-corrected chi connectivity index (χ3v) is 3.44. The zero-order valence-corrected chi connectivity index (χ0v) is 11.3. The lowest BCUT2D eigenvalue weighted by Crippen LogP contribution is -2.31. The summed E-state index contributed by atoms with van der Waals surface area (Å²) in [6.07, 6.45) is -0.254. The molecule has 5 nitrogen and oxygen atoms in total. The van der Waals surface area contributed by atoms with Crippen molar-refractivity contribution in [2.24, 2.45) is 5.92 Å². The lowest BCUT2D eigenvalue weighted by Gasteiger charge is -2.13. The van der Waals surface area contributed by atoms with E-state index < -0.39 is 6.10 Å². The number of hydrogen-bond acceptors (Lipinski definition) is 4. The highest BCUT2D eigenvalue weighted by Gasteiger charge is 2.18. The first-order chi connectivity index (χ1) is 9.16. The van der Waals surface area contributed by atoms with Gasteiger partial charge >= 0.3 is 0 Å². The molecule has 4 N–H and O–H groups in total. The summed E-state index contributed by atoms with van der Waals surface area (Å²) in [5, 5.41) is 13.2. The average molecular weight is 284 g/mol. The standard InChI is InChI=1S/C13H18ClN3O2/c14-11-3-1-10(2-4-11)12(18)13(19)15-6-5-9-7-16-17-8-9/h1-4,9,12,16-18H,5-8H2,(H,15,19). The van der Waals surface area contributed by atoms with Gasteiger partial charge in [-0.3, -0.25) is 15.6 Å². The number of aliphatic hydroxyl groups is 1. The van der Waals surface area contributed by atoms with Gasteiger partial charge in [-0.2, -0.15) is 0 Å². The summed E-state index contributed by atoms with van der Waals surface area (Å²) in [7, 11) is 0. The minimum atomic E-state index is -1.14. The summed E-state index contributed by atoms with van der Waals surface area (Å²) in [5.41, 5.74) is 6.63. The number of hydrogen-bond donors (Lipinski definition) is 4. The Bertz CT molecular complexity index is 418. The van der Waals surface area contributed by atoms with E-state index in [-0.39, 0.29) is 5.91 Å². The highest BCUT2D eigenvalue weighted by Crippen LogP contribution is 2.16. The van der Waals surface area contributed by atoms with Crippen LogP contribution in [0.1, 0.15) is 18.1 Å². The SMILES string of the molecule is O=C(NCCC1CNNC1)C(O)c1ccc(Cl)cc1. The second-order valence-electron chi connectivity index (χ2n) is 4.66. The molecule has 1 amide bonds. The monoisotopic (exact) mass is 283 g/mol. The van der Waals surface area contributed by atoms with Crippen LogP contribution in [0.4, 0.5) is 0 Å². The quantitative estimate of drug-likeness (QED) is 0.639. The van der Waals surface area contributed by atoms with Crippen LogP contribution in [0.25, 0.3) is 0 Å². The maximum Gasteiger partial charge on any atom is 0.253 e. The van der Waals surface area contributed by atoms with Gasteiger partial charge in [-0.1, -0.05) is 23.7 Å². The molecule has 0 aliphatic carbocycles. The van der Waals surface area contributed by atoms with Crippen LogP contribution >= 0.6 is 11.6 Å². The summed E-state index contributed by atoms with van der Waals surface area (Å²) in [4.78, 5) is 11.8. The van der Waals surface area contributed by atoms with Gasteiger partial charge in [0, 0.05) is 24.7 Å². The smallest absolute Gasteiger partial charge is 0.253 e. The molecule has 6 heteroatoms. The fourth-order valence-electron chi connectivity index (χ4n) is 2.00. The molecular formula is C13H18ClN3O2. The van der Waals surface area contributed by atoms with Crippen LogP contribution in [0.15, 0.2) is 24.3 Å². The summed E-state index contributed by atoms with van der Waals surface area (Å²) in [5.74, 6) is 0.147. The lowest BCUT2D eigenvalue weighted by molar-refractivity contribution is -0.129. The zero-order chi connectivity index (χ0) is 13.7. The van der Waals surface area contributed by atoms with E-state index in [1.165, 1.54) is 0 Å². The molecule has 0 saturated carbocycles. The van der Waals surface area contributed by atoms with Crippen molar-refractivity contribution in [2.75, 3.05) is 19.6 Å². The van der Waals surface area contributed by atoms with Crippen molar-refractivity contribution in [2.45, 2.75) is 12.5 Å². The van der Waals surface area contributed by atoms with Gasteiger partial charge in [0.05, 0.1) is 0 Å². The van der Waals surface area contributed by atoms with Gasteiger partial charge in [-0.05, 0) is 30.0 Å². The van der Waals surface area contributed by atoms with Crippen LogP contribution in [-0.2, 0) is 4.79 Å². The van der Waals surface area contributed by atoms with Crippen molar-refractivity contribution in [1.29, 1.82) is 0 Å². The van der Waals surface area contributed by atoms with Crippen molar-refractivity contribution < 1.29 is 9.90 Å². The number of carbonyl (C=O) groups is 1. The lowest BCUT2D eigenvalue weighted by atomic mass is 10.1. The number of nitrogens with one attached hydrogen (secondary N) is 3. The molecule has 1 fully saturated rings. The topological polar surface area (TPSA) is 73.4 Å². The number of benzene rings is 1. The predicted molar refractivity (Wildman–Crippen MR) is 73.5 cm³/mol. The molecule has 0 aromatic heterocycles. The second-order valence-corrected chi connectivity index (χ2v) is 5.10. The van der Waals surface area contributed by atoms with E-state index in [0.717, 1.165) is 19.5 Å². The Morgan fingerprint density at radius 2 is 2.00 bits per heavy atom. The summed E-state index contributed by atoms with van der Waals surface area (Å²) >= 11 is 5.76. The summed E-state index contributed by atoms with van der Waals surface area (Å²) in [6.45, 7) is 2.39. The van der Waals surface area contributed by atoms with Gasteiger partial charge in [0.2, 0.25) is 0 Å². The van der Waals surface area contributed by atoms with Crippen molar-refractivity contribution in [3.8, 4) is 0 Å². The molecule has 1 aliphatic rings. The molecule has 1 heterocycles. The molecule has 19 heavy (non-hydrogen) atoms. The molecule has 1 aromatic rings. The number of hydrazine groups is 1. The van der Waals surface area contributed by atoms with E-state index >= 15 is 0 Å². The molecule has 0 bridgehead atoms. The second kappa shape index (κ2) is 6.86. The first-order valence-corrected chi connectivity index (χ1v) is 6.71. The maximum atomic E-state index is 11.8. The molecule has 1 aromatic carbocycles. The Hall–Kier alpha value is -1.14. The summed E-state index contributed by atoms with van der Waals surface area (Å²) < 4.78 is 0. The van der Waals surface area contributed by atoms with Gasteiger partial charge in [0.25, 0.3) is 5.91 Å². The molecule has 1 unspecified atom stereocenters. The van der Waals surface area contributed by atoms with Gasteiger partial charge in [0.1, 0.15) is 0 Å². The molecule has 1 aliphatic heterocycles. The van der Waals surface area contributed by atoms with Gasteiger partial charge < -0.3 is 10.4 Å². The van der Waals surface area contributed by atoms with Crippen LogP contribution in [0, 0.1) is 5.92 Å². The number of halogens is 1. The fourth-order valence-corrected chi connectivity index (χ4v) is 2.13. The predicted octanol–water partition coefficient (Wildman–Crippen LogP) is 0.604. The molecule has 104 valence electrons. The third-order valence-electron chi connectivity index (χ3n) is 3.19. The number of rotatable bonds is 5.